The fraction of sp³-hybridized carbons (Fsp3) is 0.458. The second-order valence-electron chi connectivity index (χ2n) is 8.06. The number of aryl methyl sites for hydroxylation is 1. The van der Waals surface area contributed by atoms with Crippen LogP contribution in [0.1, 0.15) is 81.5 Å². The maximum absolute atomic E-state index is 12.8. The Morgan fingerprint density at radius 1 is 1.13 bits per heavy atom. The lowest BCUT2D eigenvalue weighted by molar-refractivity contribution is 0.0598. The highest BCUT2D eigenvalue weighted by Gasteiger charge is 2.25. The van der Waals surface area contributed by atoms with Crippen molar-refractivity contribution in [3.8, 4) is 0 Å². The Morgan fingerprint density at radius 3 is 2.35 bits per heavy atom. The number of hydrogen-bond donors (Lipinski definition) is 2. The summed E-state index contributed by atoms with van der Waals surface area (Å²) in [5.74, 6) is -0.810. The van der Waals surface area contributed by atoms with Crippen molar-refractivity contribution in [2.45, 2.75) is 58.4 Å². The van der Waals surface area contributed by atoms with E-state index in [4.69, 9.17) is 4.74 Å². The highest BCUT2D eigenvalue weighted by atomic mass is 16.5. The van der Waals surface area contributed by atoms with Crippen LogP contribution in [0.3, 0.4) is 0 Å². The lowest BCUT2D eigenvalue weighted by atomic mass is 9.94. The van der Waals surface area contributed by atoms with Gasteiger partial charge >= 0.3 is 5.97 Å². The van der Waals surface area contributed by atoms with E-state index in [1.807, 2.05) is 18.9 Å². The third kappa shape index (κ3) is 4.81. The Labute approximate surface area is 183 Å². The Morgan fingerprint density at radius 2 is 1.77 bits per heavy atom. The van der Waals surface area contributed by atoms with Gasteiger partial charge in [-0.05, 0) is 56.0 Å². The minimum atomic E-state index is -0.463. The number of aromatic amines is 1. The monoisotopic (exact) mass is 425 g/mol. The van der Waals surface area contributed by atoms with Gasteiger partial charge < -0.3 is 19.9 Å². The van der Waals surface area contributed by atoms with Crippen LogP contribution in [0, 0.1) is 6.92 Å². The summed E-state index contributed by atoms with van der Waals surface area (Å²) in [5, 5.41) is 2.83. The summed E-state index contributed by atoms with van der Waals surface area (Å²) >= 11 is 0. The molecule has 0 unspecified atom stereocenters. The van der Waals surface area contributed by atoms with E-state index in [2.05, 4.69) is 10.3 Å². The molecule has 0 saturated heterocycles. The summed E-state index contributed by atoms with van der Waals surface area (Å²) in [5.41, 5.74) is 3.14. The largest absolute Gasteiger partial charge is 0.465 e. The summed E-state index contributed by atoms with van der Waals surface area (Å²) in [7, 11) is 3.19. The quantitative estimate of drug-likeness (QED) is 0.674. The molecule has 166 valence electrons. The first-order valence-corrected chi connectivity index (χ1v) is 10.9. The van der Waals surface area contributed by atoms with Crippen LogP contribution >= 0.6 is 0 Å². The molecule has 7 heteroatoms. The first kappa shape index (κ1) is 22.6. The van der Waals surface area contributed by atoms with Gasteiger partial charge in [0.05, 0.1) is 12.7 Å². The zero-order chi connectivity index (χ0) is 22.5. The molecule has 2 aromatic rings. The SMILES string of the molecule is CCc1[nH]c(C(=O)Nc2ccc(C(=O)N(C)C3CCCCC3)cc2)c(C)c1C(=O)OC. The van der Waals surface area contributed by atoms with Gasteiger partial charge in [0, 0.05) is 30.0 Å². The summed E-state index contributed by atoms with van der Waals surface area (Å²) in [6.45, 7) is 3.62. The number of carbonyl (C=O) groups is 3. The normalized spacial score (nSPS) is 14.2. The van der Waals surface area contributed by atoms with Gasteiger partial charge in [-0.2, -0.15) is 0 Å². The number of amides is 2. The Bertz CT molecular complexity index is 956. The van der Waals surface area contributed by atoms with Crippen LogP contribution in [-0.4, -0.2) is 47.9 Å². The minimum absolute atomic E-state index is 0.000274. The molecular weight excluding hydrogens is 394 g/mol. The van der Waals surface area contributed by atoms with Gasteiger partial charge in [0.25, 0.3) is 11.8 Å². The molecule has 2 amide bonds. The van der Waals surface area contributed by atoms with Crippen molar-refractivity contribution in [1.29, 1.82) is 0 Å². The second-order valence-corrected chi connectivity index (χ2v) is 8.06. The maximum Gasteiger partial charge on any atom is 0.339 e. The number of nitrogens with one attached hydrogen (secondary N) is 2. The summed E-state index contributed by atoms with van der Waals surface area (Å²) < 4.78 is 4.84. The van der Waals surface area contributed by atoms with Gasteiger partial charge in [-0.25, -0.2) is 4.79 Å². The number of hydrogen-bond acceptors (Lipinski definition) is 4. The van der Waals surface area contributed by atoms with E-state index in [9.17, 15) is 14.4 Å². The molecule has 2 N–H and O–H groups in total. The smallest absolute Gasteiger partial charge is 0.339 e. The van der Waals surface area contributed by atoms with Crippen molar-refractivity contribution in [3.63, 3.8) is 0 Å². The van der Waals surface area contributed by atoms with Crippen LogP contribution in [0.4, 0.5) is 5.69 Å². The van der Waals surface area contributed by atoms with E-state index in [0.717, 1.165) is 12.8 Å². The standard InChI is InChI=1S/C24H31N3O4/c1-5-19-20(24(30)31-4)15(2)21(26-19)22(28)25-17-13-11-16(12-14-17)23(29)27(3)18-9-7-6-8-10-18/h11-14,18,26H,5-10H2,1-4H3,(H,25,28). The predicted octanol–water partition coefficient (Wildman–Crippen LogP) is 4.33. The van der Waals surface area contributed by atoms with Crippen LogP contribution in [0.2, 0.25) is 0 Å². The van der Waals surface area contributed by atoms with E-state index < -0.39 is 5.97 Å². The van der Waals surface area contributed by atoms with Crippen molar-refractivity contribution in [2.75, 3.05) is 19.5 Å². The number of methoxy groups -OCH3 is 1. The molecule has 1 aliphatic carbocycles. The predicted molar refractivity (Wildman–Crippen MR) is 120 cm³/mol. The Kier molecular flexibility index (Phi) is 7.15. The number of benzene rings is 1. The number of aromatic nitrogens is 1. The van der Waals surface area contributed by atoms with Crippen LogP contribution in [-0.2, 0) is 11.2 Å². The molecule has 1 heterocycles. The molecule has 1 fully saturated rings. The molecule has 1 aromatic heterocycles. The van der Waals surface area contributed by atoms with Crippen molar-refractivity contribution < 1.29 is 19.1 Å². The molecule has 7 nitrogen and oxygen atoms in total. The van der Waals surface area contributed by atoms with Crippen LogP contribution < -0.4 is 5.32 Å². The third-order valence-corrected chi connectivity index (χ3v) is 6.13. The van der Waals surface area contributed by atoms with E-state index >= 15 is 0 Å². The second kappa shape index (κ2) is 9.81. The van der Waals surface area contributed by atoms with E-state index in [1.54, 1.807) is 31.2 Å². The summed E-state index contributed by atoms with van der Waals surface area (Å²) in [4.78, 5) is 42.5. The Balaban J connectivity index is 1.71. The molecule has 0 radical (unpaired) electrons. The van der Waals surface area contributed by atoms with Gasteiger partial charge in [-0.15, -0.1) is 0 Å². The summed E-state index contributed by atoms with van der Waals surface area (Å²) in [6, 6.07) is 7.21. The van der Waals surface area contributed by atoms with Crippen molar-refractivity contribution in [1.82, 2.24) is 9.88 Å². The first-order valence-electron chi connectivity index (χ1n) is 10.9. The maximum atomic E-state index is 12.8. The molecule has 1 saturated carbocycles. The third-order valence-electron chi connectivity index (χ3n) is 6.13. The fourth-order valence-corrected chi connectivity index (χ4v) is 4.26. The number of carbonyl (C=O) groups excluding carboxylic acids is 3. The fourth-order valence-electron chi connectivity index (χ4n) is 4.26. The first-order chi connectivity index (χ1) is 14.9. The van der Waals surface area contributed by atoms with Crippen molar-refractivity contribution in [3.05, 3.63) is 52.3 Å². The van der Waals surface area contributed by atoms with E-state index in [-0.39, 0.29) is 11.8 Å². The molecule has 0 atom stereocenters. The Hall–Kier alpha value is -3.09. The molecule has 1 aliphatic rings. The van der Waals surface area contributed by atoms with Gasteiger partial charge in [0.15, 0.2) is 0 Å². The minimum Gasteiger partial charge on any atom is -0.465 e. The molecular formula is C24H31N3O4. The van der Waals surface area contributed by atoms with Gasteiger partial charge in [-0.1, -0.05) is 26.2 Å². The topological polar surface area (TPSA) is 91.5 Å². The van der Waals surface area contributed by atoms with Crippen LogP contribution in [0.25, 0.3) is 0 Å². The number of nitrogens with zero attached hydrogens (tertiary/aromatic N) is 1. The van der Waals surface area contributed by atoms with E-state index in [0.29, 0.717) is 46.2 Å². The number of ether oxygens (including phenoxy) is 1. The molecule has 0 spiro atoms. The molecule has 31 heavy (non-hydrogen) atoms. The molecule has 3 rings (SSSR count). The average Bonchev–Trinajstić information content (AvgIpc) is 3.15. The highest BCUT2D eigenvalue weighted by molar-refractivity contribution is 6.07. The van der Waals surface area contributed by atoms with Gasteiger partial charge in [0.2, 0.25) is 0 Å². The molecule has 0 bridgehead atoms. The zero-order valence-electron chi connectivity index (χ0n) is 18.7. The zero-order valence-corrected chi connectivity index (χ0v) is 18.7. The summed E-state index contributed by atoms with van der Waals surface area (Å²) in [6.07, 6.45) is 6.27. The van der Waals surface area contributed by atoms with Crippen molar-refractivity contribution in [2.24, 2.45) is 0 Å². The van der Waals surface area contributed by atoms with Gasteiger partial charge in [0.1, 0.15) is 5.69 Å². The van der Waals surface area contributed by atoms with Gasteiger partial charge in [-0.3, -0.25) is 9.59 Å². The average molecular weight is 426 g/mol. The van der Waals surface area contributed by atoms with Crippen LogP contribution in [0.15, 0.2) is 24.3 Å². The number of esters is 1. The highest BCUT2D eigenvalue weighted by Crippen LogP contribution is 2.24. The number of H-pyrrole nitrogens is 1. The van der Waals surface area contributed by atoms with Crippen molar-refractivity contribution >= 4 is 23.5 Å². The van der Waals surface area contributed by atoms with E-state index in [1.165, 1.54) is 26.4 Å². The molecule has 0 aliphatic heterocycles. The van der Waals surface area contributed by atoms with Crippen LogP contribution in [0.5, 0.6) is 0 Å². The lowest BCUT2D eigenvalue weighted by Crippen LogP contribution is -2.38. The lowest BCUT2D eigenvalue weighted by Gasteiger charge is -2.31. The molecule has 1 aromatic carbocycles. The number of anilines is 1. The number of rotatable bonds is 6.